The number of nitrogens with two attached hydrogens (primary N) is 2. The number of hydrogen-bond donors (Lipinski definition) is 4. The number of aliphatic carboxylic acids is 1. The molecule has 0 aliphatic rings. The molecule has 1 amide bonds. The highest BCUT2D eigenvalue weighted by molar-refractivity contribution is 7.55. The lowest BCUT2D eigenvalue weighted by atomic mass is 10.2. The van der Waals surface area contributed by atoms with Crippen molar-refractivity contribution < 1.29 is 46.2 Å². The molecule has 0 saturated carbocycles. The maximum atomic E-state index is 14.7. The summed E-state index contributed by atoms with van der Waals surface area (Å²) in [6.07, 6.45) is -5.89. The van der Waals surface area contributed by atoms with Crippen LogP contribution in [-0.2, 0) is 20.7 Å². The number of aliphatic imine (C=N–C) groups is 1. The van der Waals surface area contributed by atoms with E-state index in [0.29, 0.717) is 22.7 Å². The molecule has 0 radical (unpaired) electrons. The zero-order valence-electron chi connectivity index (χ0n) is 25.2. The number of aryl methyl sites for hydroxylation is 2. The van der Waals surface area contributed by atoms with Gasteiger partial charge in [-0.2, -0.15) is 13.2 Å². The number of ether oxygens (including phenoxy) is 1. The fourth-order valence-electron chi connectivity index (χ4n) is 3.72. The first-order valence-electron chi connectivity index (χ1n) is 13.7. The van der Waals surface area contributed by atoms with Gasteiger partial charge in [-0.1, -0.05) is 77.9 Å². The van der Waals surface area contributed by atoms with Crippen LogP contribution in [0.4, 0.5) is 23.7 Å². The molecule has 0 heterocycles. The maximum Gasteiger partial charge on any atom is 0.490 e. The van der Waals surface area contributed by atoms with E-state index in [9.17, 15) is 22.5 Å². The van der Waals surface area contributed by atoms with Crippen molar-refractivity contribution in [1.82, 2.24) is 5.32 Å². The average Bonchev–Trinajstić information content (AvgIpc) is 3.02. The summed E-state index contributed by atoms with van der Waals surface area (Å²) >= 11 is 0. The number of benzene rings is 4. The zero-order chi connectivity index (χ0) is 34.6. The van der Waals surface area contributed by atoms with E-state index in [0.717, 1.165) is 16.7 Å². The molecule has 4 aromatic rings. The van der Waals surface area contributed by atoms with Crippen molar-refractivity contribution >= 4 is 31.3 Å². The molecule has 0 aliphatic carbocycles. The van der Waals surface area contributed by atoms with E-state index < -0.39 is 31.6 Å². The molecule has 0 spiro atoms. The van der Waals surface area contributed by atoms with Crippen LogP contribution >= 0.6 is 7.60 Å². The molecular formula is C32H32F3N4O7P. The molecule has 15 heteroatoms. The highest BCUT2D eigenvalue weighted by atomic mass is 31.2. The molecule has 0 aromatic heterocycles. The Morgan fingerprint density at radius 3 is 1.72 bits per heavy atom. The second-order valence-electron chi connectivity index (χ2n) is 9.89. The average molecular weight is 673 g/mol. The number of alkyl carbamates (subject to hydrolysis) is 1. The van der Waals surface area contributed by atoms with Gasteiger partial charge in [0.2, 0.25) is 0 Å². The minimum atomic E-state index is -5.08. The van der Waals surface area contributed by atoms with E-state index >= 15 is 0 Å². The molecule has 4 aromatic carbocycles. The minimum Gasteiger partial charge on any atom is -0.475 e. The zero-order valence-corrected chi connectivity index (χ0v) is 26.1. The number of rotatable bonds is 10. The summed E-state index contributed by atoms with van der Waals surface area (Å²) in [6, 6.07) is 29.8. The number of halogens is 3. The van der Waals surface area contributed by atoms with E-state index in [1.54, 1.807) is 48.5 Å². The fraction of sp³-hybridized carbons (Fsp3) is 0.156. The molecule has 0 aliphatic heterocycles. The van der Waals surface area contributed by atoms with E-state index in [2.05, 4.69) is 10.3 Å². The molecule has 4 rings (SSSR count). The van der Waals surface area contributed by atoms with Crippen LogP contribution in [0.15, 0.2) is 108 Å². The minimum absolute atomic E-state index is 0.0186. The molecular weight excluding hydrogens is 640 g/mol. The maximum absolute atomic E-state index is 14.7. The standard InChI is InChI=1S/C30H31N4O5P.C2HF3O2/c1-21-8-16-26(17-9-21)38-40(36,39-27-18-10-22(2)11-19-27)28(24-12-14-25(15-13-24)33-29(31)32)34-30(35)37-20-23-6-4-3-5-7-23;3-2(4,5)1(6)7/h3-19,28H,20H2,1-2H3,(H,34,35)(H4,31,32,33);(H,6,7). The van der Waals surface area contributed by atoms with Gasteiger partial charge >= 0.3 is 25.8 Å². The Morgan fingerprint density at radius 1 is 0.830 bits per heavy atom. The van der Waals surface area contributed by atoms with Crippen LogP contribution in [0.1, 0.15) is 28.0 Å². The lowest BCUT2D eigenvalue weighted by Gasteiger charge is -2.28. The summed E-state index contributed by atoms with van der Waals surface area (Å²) in [5.41, 5.74) is 14.7. The second kappa shape index (κ2) is 16.2. The SMILES string of the molecule is Cc1ccc(OP(=O)(Oc2ccc(C)cc2)C(NC(=O)OCc2ccccc2)c2ccc(N=C(N)N)cc2)cc1.O=C(O)C(F)(F)F. The molecule has 1 atom stereocenters. The topological polar surface area (TPSA) is 176 Å². The molecule has 0 fully saturated rings. The summed E-state index contributed by atoms with van der Waals surface area (Å²) < 4.78 is 64.0. The predicted molar refractivity (Wildman–Crippen MR) is 169 cm³/mol. The fourth-order valence-corrected chi connectivity index (χ4v) is 5.60. The van der Waals surface area contributed by atoms with E-state index in [1.807, 2.05) is 68.4 Å². The molecule has 1 unspecified atom stereocenters. The van der Waals surface area contributed by atoms with Crippen LogP contribution in [0.25, 0.3) is 0 Å². The van der Waals surface area contributed by atoms with E-state index in [-0.39, 0.29) is 12.6 Å². The van der Waals surface area contributed by atoms with Crippen molar-refractivity contribution in [1.29, 1.82) is 0 Å². The number of nitrogens with zero attached hydrogens (tertiary/aromatic N) is 1. The van der Waals surface area contributed by atoms with Crippen LogP contribution in [0.3, 0.4) is 0 Å². The van der Waals surface area contributed by atoms with Crippen LogP contribution in [-0.4, -0.2) is 29.3 Å². The molecule has 0 bridgehead atoms. The number of amides is 1. The summed E-state index contributed by atoms with van der Waals surface area (Å²) in [5.74, 6) is -3.51. The summed E-state index contributed by atoms with van der Waals surface area (Å²) in [6.45, 7) is 3.87. The van der Waals surface area contributed by atoms with Crippen LogP contribution in [0.2, 0.25) is 0 Å². The summed E-state index contributed by atoms with van der Waals surface area (Å²) in [7, 11) is -4.21. The normalized spacial score (nSPS) is 11.6. The van der Waals surface area contributed by atoms with Crippen LogP contribution < -0.4 is 25.8 Å². The molecule has 6 N–H and O–H groups in total. The van der Waals surface area contributed by atoms with Gasteiger partial charge in [-0.15, -0.1) is 0 Å². The monoisotopic (exact) mass is 672 g/mol. The van der Waals surface area contributed by atoms with Crippen molar-refractivity contribution in [2.24, 2.45) is 16.5 Å². The third-order valence-corrected chi connectivity index (χ3v) is 7.99. The third-order valence-electron chi connectivity index (χ3n) is 6.00. The van der Waals surface area contributed by atoms with Crippen molar-refractivity contribution in [2.45, 2.75) is 32.4 Å². The molecule has 47 heavy (non-hydrogen) atoms. The molecule has 248 valence electrons. The molecule has 0 saturated heterocycles. The van der Waals surface area contributed by atoms with Crippen molar-refractivity contribution in [3.05, 3.63) is 125 Å². The van der Waals surface area contributed by atoms with Crippen molar-refractivity contribution in [3.63, 3.8) is 0 Å². The highest BCUT2D eigenvalue weighted by Crippen LogP contribution is 2.59. The highest BCUT2D eigenvalue weighted by Gasteiger charge is 2.42. The summed E-state index contributed by atoms with van der Waals surface area (Å²) in [4.78, 5) is 26.0. The Labute approximate surface area is 268 Å². The predicted octanol–water partition coefficient (Wildman–Crippen LogP) is 7.12. The van der Waals surface area contributed by atoms with Gasteiger partial charge in [0.1, 0.15) is 18.1 Å². The van der Waals surface area contributed by atoms with E-state index in [1.165, 1.54) is 0 Å². The van der Waals surface area contributed by atoms with Gasteiger partial charge in [0, 0.05) is 0 Å². The number of carbonyl (C=O) groups excluding carboxylic acids is 1. The van der Waals surface area contributed by atoms with Gasteiger partial charge in [0.05, 0.1) is 5.69 Å². The van der Waals surface area contributed by atoms with Crippen LogP contribution in [0.5, 0.6) is 11.5 Å². The van der Waals surface area contributed by atoms with Gasteiger partial charge in [-0.05, 0) is 61.4 Å². The van der Waals surface area contributed by atoms with E-state index in [4.69, 9.17) is 35.2 Å². The largest absolute Gasteiger partial charge is 0.490 e. The summed E-state index contributed by atoms with van der Waals surface area (Å²) in [5, 5.41) is 9.83. The number of carbonyl (C=O) groups is 2. The van der Waals surface area contributed by atoms with Gasteiger partial charge < -0.3 is 35.7 Å². The Balaban J connectivity index is 0.000000771. The Bertz CT molecular complexity index is 1650. The first-order chi connectivity index (χ1) is 22.1. The van der Waals surface area contributed by atoms with Crippen molar-refractivity contribution in [3.8, 4) is 11.5 Å². The third kappa shape index (κ3) is 11.7. The number of nitrogens with one attached hydrogen (secondary N) is 1. The van der Waals surface area contributed by atoms with Crippen LogP contribution in [0, 0.1) is 13.8 Å². The Kier molecular flexibility index (Phi) is 12.4. The first kappa shape index (κ1) is 36.0. The smallest absolute Gasteiger partial charge is 0.475 e. The number of carboxylic acid groups (broad SMARTS) is 1. The second-order valence-corrected chi connectivity index (χ2v) is 11.8. The lowest BCUT2D eigenvalue weighted by molar-refractivity contribution is -0.192. The van der Waals surface area contributed by atoms with Gasteiger partial charge in [-0.25, -0.2) is 19.1 Å². The van der Waals surface area contributed by atoms with Gasteiger partial charge in [-0.3, -0.25) is 0 Å². The molecule has 11 nitrogen and oxygen atoms in total. The van der Waals surface area contributed by atoms with Crippen molar-refractivity contribution in [2.75, 3.05) is 0 Å². The Hall–Kier alpha value is -5.49. The number of alkyl halides is 3. The quantitative estimate of drug-likeness (QED) is 0.0777. The van der Waals surface area contributed by atoms with Gasteiger partial charge in [0.15, 0.2) is 11.7 Å². The number of guanidine groups is 1. The van der Waals surface area contributed by atoms with Gasteiger partial charge in [0.25, 0.3) is 0 Å². The number of carboxylic acids is 1. The first-order valence-corrected chi connectivity index (χ1v) is 15.3. The Morgan fingerprint density at radius 2 is 1.30 bits per heavy atom. The lowest BCUT2D eigenvalue weighted by Crippen LogP contribution is -2.31. The number of hydrogen-bond acceptors (Lipinski definition) is 7.